The van der Waals surface area contributed by atoms with Gasteiger partial charge in [0, 0.05) is 0 Å². The van der Waals surface area contributed by atoms with Crippen molar-refractivity contribution in [2.24, 2.45) is 5.92 Å². The molecule has 0 aliphatic carbocycles. The first-order valence-electron chi connectivity index (χ1n) is 9.32. The van der Waals surface area contributed by atoms with E-state index < -0.39 is 5.92 Å². The van der Waals surface area contributed by atoms with Gasteiger partial charge in [-0.05, 0) is 27.2 Å². The van der Waals surface area contributed by atoms with E-state index in [9.17, 15) is 14.8 Å². The number of rotatable bonds is 10. The Morgan fingerprint density at radius 2 is 1.82 bits per heavy atom. The number of hydrogen-bond acceptors (Lipinski definition) is 8. The normalized spacial score (nSPS) is 11.9. The molecule has 10 heteroatoms. The fraction of sp³-hybridized carbons (Fsp3) is 0.556. The maximum absolute atomic E-state index is 12.5. The lowest BCUT2D eigenvalue weighted by atomic mass is 10.0. The van der Waals surface area contributed by atoms with Gasteiger partial charge >= 0.3 is 0 Å². The molecular weight excluding hydrogens is 362 g/mol. The first kappa shape index (κ1) is 21.4. The number of nitrogens with zero attached hydrogens (tertiary/aromatic N) is 5. The highest BCUT2D eigenvalue weighted by atomic mass is 16.5. The Morgan fingerprint density at radius 1 is 1.11 bits per heavy atom. The predicted molar refractivity (Wildman–Crippen MR) is 103 cm³/mol. The molecule has 1 atom stereocenters. The molecular formula is C18H27N7O3. The monoisotopic (exact) mass is 389 g/mol. The number of fused-ring (bicyclic) bond motifs is 1. The average Bonchev–Trinajstić information content (AvgIpc) is 2.66. The molecule has 2 aromatic heterocycles. The largest absolute Gasteiger partial charge is 0.286 e. The molecule has 0 fully saturated rings. The van der Waals surface area contributed by atoms with Crippen LogP contribution < -0.4 is 10.9 Å². The number of nitrogens with one attached hydrogen (secondary N) is 2. The quantitative estimate of drug-likeness (QED) is 0.243. The number of carbonyl (C=O) groups is 2. The summed E-state index contributed by atoms with van der Waals surface area (Å²) < 4.78 is 0. The van der Waals surface area contributed by atoms with E-state index in [2.05, 4.69) is 37.7 Å². The standard InChI is InChI=1S/C18H27N7O3/c1-5-6-7-8-14(9-25(28)10-26)17(27)23-24-18-21-13(4)15-16(22-18)20-12(3)11(2)19-15/h10,14,28H,5-9H2,1-4H3,(H,23,27)(H,20,21,22,24). The van der Waals surface area contributed by atoms with Crippen molar-refractivity contribution in [1.82, 2.24) is 30.4 Å². The topological polar surface area (TPSA) is 133 Å². The van der Waals surface area contributed by atoms with E-state index in [1.54, 1.807) is 6.92 Å². The molecule has 0 aromatic carbocycles. The minimum absolute atomic E-state index is 0.0811. The van der Waals surface area contributed by atoms with Crippen LogP contribution in [0.1, 0.15) is 49.7 Å². The maximum Gasteiger partial charge on any atom is 0.244 e. The van der Waals surface area contributed by atoms with E-state index in [0.717, 1.165) is 30.7 Å². The second kappa shape index (κ2) is 9.88. The lowest BCUT2D eigenvalue weighted by molar-refractivity contribution is -0.154. The van der Waals surface area contributed by atoms with Gasteiger partial charge in [-0.1, -0.05) is 26.2 Å². The minimum atomic E-state index is -0.555. The van der Waals surface area contributed by atoms with Gasteiger partial charge in [-0.15, -0.1) is 0 Å². The third kappa shape index (κ3) is 5.56. The molecule has 0 aliphatic heterocycles. The first-order chi connectivity index (χ1) is 13.3. The van der Waals surface area contributed by atoms with Crippen molar-refractivity contribution in [2.45, 2.75) is 53.4 Å². The van der Waals surface area contributed by atoms with Crippen molar-refractivity contribution in [2.75, 3.05) is 12.0 Å². The third-order valence-electron chi connectivity index (χ3n) is 4.47. The van der Waals surface area contributed by atoms with Crippen LogP contribution in [0, 0.1) is 26.7 Å². The fourth-order valence-electron chi connectivity index (χ4n) is 2.74. The number of hydrazine groups is 1. The molecule has 2 amide bonds. The first-order valence-corrected chi connectivity index (χ1v) is 9.32. The van der Waals surface area contributed by atoms with Gasteiger partial charge in [-0.2, -0.15) is 4.98 Å². The molecule has 10 nitrogen and oxygen atoms in total. The van der Waals surface area contributed by atoms with Crippen LogP contribution in [0.25, 0.3) is 11.2 Å². The molecule has 0 saturated heterocycles. The molecule has 0 aliphatic rings. The van der Waals surface area contributed by atoms with Crippen molar-refractivity contribution < 1.29 is 14.8 Å². The number of hydrogen-bond donors (Lipinski definition) is 3. The third-order valence-corrected chi connectivity index (χ3v) is 4.47. The summed E-state index contributed by atoms with van der Waals surface area (Å²) in [6.07, 6.45) is 3.63. The number of hydroxylamine groups is 2. The van der Waals surface area contributed by atoms with E-state index in [1.165, 1.54) is 0 Å². The van der Waals surface area contributed by atoms with Crippen LogP contribution in [-0.2, 0) is 9.59 Å². The number of aryl methyl sites for hydroxylation is 3. The van der Waals surface area contributed by atoms with Crippen molar-refractivity contribution in [1.29, 1.82) is 0 Å². The zero-order valence-electron chi connectivity index (χ0n) is 16.7. The molecule has 0 saturated carbocycles. The second-order valence-corrected chi connectivity index (χ2v) is 6.73. The zero-order valence-corrected chi connectivity index (χ0v) is 16.7. The van der Waals surface area contributed by atoms with Crippen molar-refractivity contribution in [3.05, 3.63) is 17.1 Å². The van der Waals surface area contributed by atoms with Crippen LogP contribution in [0.15, 0.2) is 0 Å². The minimum Gasteiger partial charge on any atom is -0.286 e. The van der Waals surface area contributed by atoms with Crippen molar-refractivity contribution in [3.63, 3.8) is 0 Å². The van der Waals surface area contributed by atoms with Crippen LogP contribution in [-0.4, -0.2) is 49.1 Å². The van der Waals surface area contributed by atoms with Crippen LogP contribution >= 0.6 is 0 Å². The summed E-state index contributed by atoms with van der Waals surface area (Å²) >= 11 is 0. The van der Waals surface area contributed by atoms with E-state index in [-0.39, 0.29) is 24.8 Å². The van der Waals surface area contributed by atoms with E-state index in [1.807, 2.05) is 13.8 Å². The molecule has 28 heavy (non-hydrogen) atoms. The summed E-state index contributed by atoms with van der Waals surface area (Å²) in [6, 6.07) is 0. The van der Waals surface area contributed by atoms with Gasteiger partial charge in [0.15, 0.2) is 5.65 Å². The smallest absolute Gasteiger partial charge is 0.244 e. The molecule has 2 heterocycles. The summed E-state index contributed by atoms with van der Waals surface area (Å²) in [7, 11) is 0. The molecule has 0 bridgehead atoms. The Kier molecular flexibility index (Phi) is 7.56. The number of unbranched alkanes of at least 4 members (excludes halogenated alkanes) is 2. The van der Waals surface area contributed by atoms with Gasteiger partial charge in [-0.25, -0.2) is 20.0 Å². The second-order valence-electron chi connectivity index (χ2n) is 6.73. The lowest BCUT2D eigenvalue weighted by Gasteiger charge is -2.19. The highest BCUT2D eigenvalue weighted by Gasteiger charge is 2.21. The molecule has 2 rings (SSSR count). The number of anilines is 1. The SMILES string of the molecule is CCCCCC(CN(O)C=O)C(=O)NNc1nc(C)c2nc(C)c(C)nc2n1. The summed E-state index contributed by atoms with van der Waals surface area (Å²) in [5.41, 5.74) is 8.52. The van der Waals surface area contributed by atoms with E-state index in [4.69, 9.17) is 0 Å². The Labute approximate surface area is 163 Å². The van der Waals surface area contributed by atoms with E-state index >= 15 is 0 Å². The van der Waals surface area contributed by atoms with Gasteiger partial charge in [0.05, 0.1) is 29.5 Å². The molecule has 1 unspecified atom stereocenters. The van der Waals surface area contributed by atoms with Gasteiger partial charge in [0.25, 0.3) is 0 Å². The van der Waals surface area contributed by atoms with Gasteiger partial charge in [-0.3, -0.25) is 25.6 Å². The van der Waals surface area contributed by atoms with Gasteiger partial charge in [0.2, 0.25) is 18.3 Å². The molecule has 0 spiro atoms. The predicted octanol–water partition coefficient (Wildman–Crippen LogP) is 1.83. The zero-order chi connectivity index (χ0) is 20.7. The average molecular weight is 389 g/mol. The molecule has 152 valence electrons. The van der Waals surface area contributed by atoms with E-state index in [0.29, 0.717) is 28.3 Å². The lowest BCUT2D eigenvalue weighted by Crippen LogP contribution is -2.40. The van der Waals surface area contributed by atoms with Crippen LogP contribution in [0.2, 0.25) is 0 Å². The van der Waals surface area contributed by atoms with Crippen LogP contribution in [0.4, 0.5) is 5.95 Å². The number of aromatic nitrogens is 4. The Bertz CT molecular complexity index is 844. The fourth-order valence-corrected chi connectivity index (χ4v) is 2.74. The van der Waals surface area contributed by atoms with Crippen LogP contribution in [0.3, 0.4) is 0 Å². The molecule has 0 radical (unpaired) electrons. The molecule has 3 N–H and O–H groups in total. The number of carbonyl (C=O) groups excluding carboxylic acids is 2. The van der Waals surface area contributed by atoms with Crippen molar-refractivity contribution in [3.8, 4) is 0 Å². The van der Waals surface area contributed by atoms with Gasteiger partial charge in [0.1, 0.15) is 5.52 Å². The Balaban J connectivity index is 2.10. The highest BCUT2D eigenvalue weighted by molar-refractivity contribution is 5.80. The molecule has 2 aromatic rings. The van der Waals surface area contributed by atoms with Crippen molar-refractivity contribution >= 4 is 29.4 Å². The van der Waals surface area contributed by atoms with Crippen LogP contribution in [0.5, 0.6) is 0 Å². The Hall–Kier alpha value is -2.88. The summed E-state index contributed by atoms with van der Waals surface area (Å²) in [4.78, 5) is 40.6. The summed E-state index contributed by atoms with van der Waals surface area (Å²) in [6.45, 7) is 7.49. The highest BCUT2D eigenvalue weighted by Crippen LogP contribution is 2.15. The Morgan fingerprint density at radius 3 is 2.50 bits per heavy atom. The maximum atomic E-state index is 12.5. The van der Waals surface area contributed by atoms with Gasteiger partial charge < -0.3 is 0 Å². The number of amides is 2. The summed E-state index contributed by atoms with van der Waals surface area (Å²) in [5.74, 6) is -0.718. The summed E-state index contributed by atoms with van der Waals surface area (Å²) in [5, 5.41) is 9.93.